The first-order chi connectivity index (χ1) is 9.79. The second-order valence-corrected chi connectivity index (χ2v) is 5.96. The Morgan fingerprint density at radius 3 is 1.62 bits per heavy atom. The van der Waals surface area contributed by atoms with Crippen LogP contribution in [0.4, 0.5) is 0 Å². The predicted octanol–water partition coefficient (Wildman–Crippen LogP) is 0.403. The number of guanidine groups is 1. The molecule has 0 aromatic rings. The summed E-state index contributed by atoms with van der Waals surface area (Å²) in [6.45, 7) is 2.24. The summed E-state index contributed by atoms with van der Waals surface area (Å²) in [6.07, 6.45) is 11.7. The zero-order valence-corrected chi connectivity index (χ0v) is 13.9. The molecular formula is C13H31N3O4S. The molecule has 0 aromatic carbocycles. The Bertz CT molecular complexity index is 330. The van der Waals surface area contributed by atoms with Gasteiger partial charge in [0.05, 0.1) is 6.61 Å². The second-order valence-electron chi connectivity index (χ2n) is 4.91. The van der Waals surface area contributed by atoms with Gasteiger partial charge in [0.1, 0.15) is 0 Å². The van der Waals surface area contributed by atoms with Crippen LogP contribution < -0.4 is 16.9 Å². The summed E-state index contributed by atoms with van der Waals surface area (Å²) in [5, 5.41) is 4.58. The van der Waals surface area contributed by atoms with Crippen LogP contribution in [0.15, 0.2) is 0 Å². The van der Waals surface area contributed by atoms with E-state index in [1.54, 1.807) is 0 Å². The quantitative estimate of drug-likeness (QED) is 0.156. The first kappa shape index (κ1) is 22.4. The van der Waals surface area contributed by atoms with Gasteiger partial charge in [-0.15, -0.1) is 0 Å². The van der Waals surface area contributed by atoms with Crippen molar-refractivity contribution in [2.75, 3.05) is 6.61 Å². The summed E-state index contributed by atoms with van der Waals surface area (Å²) in [5.74, 6) is -0.0833. The molecule has 0 fully saturated rings. The van der Waals surface area contributed by atoms with Crippen LogP contribution in [0.3, 0.4) is 0 Å². The Balaban J connectivity index is 0. The summed E-state index contributed by atoms with van der Waals surface area (Å²) in [7, 11) is -4.48. The van der Waals surface area contributed by atoms with Gasteiger partial charge >= 0.3 is 5.96 Å². The van der Waals surface area contributed by atoms with Crippen molar-refractivity contribution in [3.05, 3.63) is 0 Å². The molecule has 8 heteroatoms. The van der Waals surface area contributed by atoms with Gasteiger partial charge in [-0.25, -0.2) is 8.42 Å². The molecular weight excluding hydrogens is 294 g/mol. The maximum Gasteiger partial charge on any atom is 0.336 e. The number of hydrogen-bond acceptors (Lipinski definition) is 4. The highest BCUT2D eigenvalue weighted by atomic mass is 32.3. The van der Waals surface area contributed by atoms with Gasteiger partial charge in [0.2, 0.25) is 10.4 Å². The molecule has 128 valence electrons. The minimum Gasteiger partial charge on any atom is -0.726 e. The van der Waals surface area contributed by atoms with E-state index in [0.29, 0.717) is 6.42 Å². The molecule has 0 radical (unpaired) electrons. The van der Waals surface area contributed by atoms with Crippen LogP contribution in [0.2, 0.25) is 0 Å². The van der Waals surface area contributed by atoms with Crippen molar-refractivity contribution in [1.82, 2.24) is 0 Å². The predicted molar refractivity (Wildman–Crippen MR) is 82.8 cm³/mol. The van der Waals surface area contributed by atoms with E-state index in [2.05, 4.69) is 28.0 Å². The van der Waals surface area contributed by atoms with E-state index in [1.807, 2.05) is 0 Å². The van der Waals surface area contributed by atoms with E-state index >= 15 is 0 Å². The molecule has 0 atom stereocenters. The fourth-order valence-electron chi connectivity index (χ4n) is 1.75. The van der Waals surface area contributed by atoms with Gasteiger partial charge in [-0.05, 0) is 6.42 Å². The molecule has 0 heterocycles. The lowest BCUT2D eigenvalue weighted by atomic mass is 10.1. The molecule has 0 aliphatic carbocycles. The largest absolute Gasteiger partial charge is 0.726 e. The first-order valence-corrected chi connectivity index (χ1v) is 8.86. The third-order valence-corrected chi connectivity index (χ3v) is 3.18. The third kappa shape index (κ3) is 32.6. The smallest absolute Gasteiger partial charge is 0.336 e. The molecule has 6 N–H and O–H groups in total. The molecule has 0 bridgehead atoms. The molecule has 0 saturated heterocycles. The van der Waals surface area contributed by atoms with Gasteiger partial charge in [-0.2, -0.15) is 0 Å². The van der Waals surface area contributed by atoms with Crippen LogP contribution in [0.1, 0.15) is 71.1 Å². The van der Waals surface area contributed by atoms with Crippen LogP contribution in [0, 0.1) is 0 Å². The average Bonchev–Trinajstić information content (AvgIpc) is 2.34. The highest BCUT2D eigenvalue weighted by molar-refractivity contribution is 7.80. The van der Waals surface area contributed by atoms with Crippen LogP contribution >= 0.6 is 0 Å². The maximum absolute atomic E-state index is 10.1. The summed E-state index contributed by atoms with van der Waals surface area (Å²) >= 11 is 0. The summed E-state index contributed by atoms with van der Waals surface area (Å²) in [5.41, 5.74) is 9.17. The Morgan fingerprint density at radius 2 is 1.29 bits per heavy atom. The SMILES string of the molecule is CCCCCCCCCCCCOS(=O)(=O)[O-].NC(N)=[NH2+]. The third-order valence-electron chi connectivity index (χ3n) is 2.73. The minimum atomic E-state index is -4.48. The topological polar surface area (TPSA) is 144 Å². The maximum atomic E-state index is 10.1. The number of unbranched alkanes of at least 4 members (excludes halogenated alkanes) is 9. The first-order valence-electron chi connectivity index (χ1n) is 7.53. The molecule has 7 nitrogen and oxygen atoms in total. The van der Waals surface area contributed by atoms with Gasteiger partial charge < -0.3 is 4.55 Å². The van der Waals surface area contributed by atoms with Gasteiger partial charge in [-0.3, -0.25) is 21.1 Å². The van der Waals surface area contributed by atoms with E-state index in [4.69, 9.17) is 0 Å². The molecule has 21 heavy (non-hydrogen) atoms. The summed E-state index contributed by atoms with van der Waals surface area (Å²) < 4.78 is 34.5. The minimum absolute atomic E-state index is 0.0301. The Hall–Kier alpha value is -0.860. The van der Waals surface area contributed by atoms with Crippen LogP contribution in [-0.4, -0.2) is 25.5 Å². The Labute approximate surface area is 128 Å². The zero-order chi connectivity index (χ0) is 16.6. The van der Waals surface area contributed by atoms with Gasteiger partial charge in [0.15, 0.2) is 0 Å². The lowest BCUT2D eigenvalue weighted by molar-refractivity contribution is -0.116. The van der Waals surface area contributed by atoms with Crippen molar-refractivity contribution in [1.29, 1.82) is 0 Å². The number of hydrogen-bond donors (Lipinski definition) is 3. The standard InChI is InChI=1S/C12H26O4S.CH5N3/c1-2-3-4-5-6-7-8-9-10-11-12-16-17(13,14)15;2-1(3)4/h2-12H2,1H3,(H,13,14,15);(H5,2,3,4). The highest BCUT2D eigenvalue weighted by Gasteiger charge is 1.95. The van der Waals surface area contributed by atoms with Crippen molar-refractivity contribution < 1.29 is 22.6 Å². The number of nitrogens with two attached hydrogens (primary N) is 3. The van der Waals surface area contributed by atoms with Gasteiger partial charge in [0, 0.05) is 0 Å². The summed E-state index contributed by atoms with van der Waals surface area (Å²) in [4.78, 5) is 0. The average molecular weight is 325 g/mol. The van der Waals surface area contributed by atoms with E-state index in [9.17, 15) is 13.0 Å². The molecule has 0 spiro atoms. The molecule has 0 saturated carbocycles. The normalized spacial score (nSPS) is 10.8. The highest BCUT2D eigenvalue weighted by Crippen LogP contribution is 2.10. The second kappa shape index (κ2) is 15.5. The Morgan fingerprint density at radius 1 is 0.952 bits per heavy atom. The molecule has 0 aliphatic heterocycles. The molecule has 0 rings (SSSR count). The van der Waals surface area contributed by atoms with E-state index < -0.39 is 10.4 Å². The van der Waals surface area contributed by atoms with Crippen LogP contribution in [-0.2, 0) is 14.6 Å². The monoisotopic (exact) mass is 325 g/mol. The van der Waals surface area contributed by atoms with Crippen molar-refractivity contribution >= 4 is 16.4 Å². The van der Waals surface area contributed by atoms with Crippen molar-refractivity contribution in [2.24, 2.45) is 11.5 Å². The zero-order valence-electron chi connectivity index (χ0n) is 13.1. The summed E-state index contributed by atoms with van der Waals surface area (Å²) in [6, 6.07) is 0. The fraction of sp³-hybridized carbons (Fsp3) is 0.923. The fourth-order valence-corrected chi connectivity index (χ4v) is 2.07. The van der Waals surface area contributed by atoms with E-state index in [-0.39, 0.29) is 12.6 Å². The molecule has 0 aliphatic rings. The van der Waals surface area contributed by atoms with Crippen LogP contribution in [0.25, 0.3) is 0 Å². The molecule has 0 amide bonds. The van der Waals surface area contributed by atoms with Crippen LogP contribution in [0.5, 0.6) is 0 Å². The van der Waals surface area contributed by atoms with E-state index in [1.165, 1.54) is 44.9 Å². The van der Waals surface area contributed by atoms with Crippen molar-refractivity contribution in [3.8, 4) is 0 Å². The van der Waals surface area contributed by atoms with Gasteiger partial charge in [-0.1, -0.05) is 64.7 Å². The van der Waals surface area contributed by atoms with Gasteiger partial charge in [0.25, 0.3) is 0 Å². The van der Waals surface area contributed by atoms with E-state index in [0.717, 1.165) is 12.8 Å². The molecule has 0 aromatic heterocycles. The Kier molecular flexibility index (Phi) is 16.6. The lowest BCUT2D eigenvalue weighted by Gasteiger charge is -2.06. The van der Waals surface area contributed by atoms with Crippen molar-refractivity contribution in [2.45, 2.75) is 71.1 Å². The lowest BCUT2D eigenvalue weighted by Crippen LogP contribution is -2.51. The number of rotatable bonds is 12. The van der Waals surface area contributed by atoms with Crippen molar-refractivity contribution in [3.63, 3.8) is 0 Å². The molecule has 0 unspecified atom stereocenters.